The maximum atomic E-state index is 12.7. The quantitative estimate of drug-likeness (QED) is 0.642. The van der Waals surface area contributed by atoms with Crippen molar-refractivity contribution in [3.63, 3.8) is 0 Å². The molecule has 2 aromatic carbocycles. The van der Waals surface area contributed by atoms with Crippen molar-refractivity contribution in [1.82, 2.24) is 9.88 Å². The van der Waals surface area contributed by atoms with Crippen LogP contribution in [0.25, 0.3) is 11.3 Å². The molecule has 1 aliphatic heterocycles. The molecule has 1 aromatic heterocycles. The fourth-order valence-electron chi connectivity index (χ4n) is 3.34. The summed E-state index contributed by atoms with van der Waals surface area (Å²) in [7, 11) is 3.28. The lowest BCUT2D eigenvalue weighted by Gasteiger charge is -2.34. The van der Waals surface area contributed by atoms with Crippen LogP contribution in [0, 0.1) is 0 Å². The summed E-state index contributed by atoms with van der Waals surface area (Å²) in [4.78, 5) is 21.7. The van der Waals surface area contributed by atoms with Crippen molar-refractivity contribution in [2.45, 2.75) is 0 Å². The Labute approximate surface area is 174 Å². The number of aromatic nitrogens is 1. The molecule has 0 bridgehead atoms. The van der Waals surface area contributed by atoms with Crippen LogP contribution >= 0.6 is 11.3 Å². The van der Waals surface area contributed by atoms with E-state index < -0.39 is 0 Å². The van der Waals surface area contributed by atoms with Crippen molar-refractivity contribution in [1.29, 1.82) is 0 Å². The highest BCUT2D eigenvalue weighted by Gasteiger charge is 2.24. The molecule has 0 spiro atoms. The third kappa shape index (κ3) is 4.19. The summed E-state index contributed by atoms with van der Waals surface area (Å²) in [5.41, 5.74) is 2.68. The Morgan fingerprint density at radius 3 is 2.38 bits per heavy atom. The Bertz CT molecular complexity index is 979. The topological polar surface area (TPSA) is 54.9 Å². The maximum Gasteiger partial charge on any atom is 0.253 e. The molecular weight excluding hydrogens is 386 g/mol. The largest absolute Gasteiger partial charge is 0.497 e. The van der Waals surface area contributed by atoms with Crippen molar-refractivity contribution in [2.75, 3.05) is 45.3 Å². The maximum absolute atomic E-state index is 12.7. The number of hydrogen-bond acceptors (Lipinski definition) is 6. The van der Waals surface area contributed by atoms with Gasteiger partial charge >= 0.3 is 0 Å². The summed E-state index contributed by atoms with van der Waals surface area (Å²) in [6.07, 6.45) is 0. The molecule has 3 aromatic rings. The molecule has 0 unspecified atom stereocenters. The van der Waals surface area contributed by atoms with Crippen molar-refractivity contribution in [3.05, 3.63) is 59.5 Å². The van der Waals surface area contributed by atoms with E-state index in [-0.39, 0.29) is 5.91 Å². The second kappa shape index (κ2) is 8.53. The van der Waals surface area contributed by atoms with E-state index in [1.165, 1.54) is 0 Å². The van der Waals surface area contributed by atoms with Gasteiger partial charge in [-0.15, -0.1) is 11.3 Å². The predicted molar refractivity (Wildman–Crippen MR) is 115 cm³/mol. The second-order valence-electron chi connectivity index (χ2n) is 6.76. The van der Waals surface area contributed by atoms with Gasteiger partial charge in [-0.05, 0) is 36.4 Å². The molecule has 0 N–H and O–H groups in total. The van der Waals surface area contributed by atoms with E-state index in [9.17, 15) is 4.79 Å². The van der Waals surface area contributed by atoms with Crippen LogP contribution in [-0.4, -0.2) is 56.2 Å². The lowest BCUT2D eigenvalue weighted by molar-refractivity contribution is 0.0746. The van der Waals surface area contributed by atoms with Crippen molar-refractivity contribution in [2.24, 2.45) is 0 Å². The lowest BCUT2D eigenvalue weighted by atomic mass is 10.1. The van der Waals surface area contributed by atoms with Gasteiger partial charge in [-0.2, -0.15) is 0 Å². The number of methoxy groups -OCH3 is 2. The standard InChI is InChI=1S/C22H23N3O3S/c1-27-18-8-6-16(7-9-18)21(26)24-10-12-25(13-11-24)22-23-20(15-29-22)17-4-3-5-19(14-17)28-2/h3-9,14-15H,10-13H2,1-2H3. The Morgan fingerprint density at radius 1 is 0.966 bits per heavy atom. The Balaban J connectivity index is 1.39. The summed E-state index contributed by atoms with van der Waals surface area (Å²) in [5.74, 6) is 1.63. The van der Waals surface area contributed by atoms with E-state index in [1.54, 1.807) is 25.6 Å². The Morgan fingerprint density at radius 2 is 1.69 bits per heavy atom. The minimum atomic E-state index is 0.0588. The Hall–Kier alpha value is -3.06. The first-order valence-electron chi connectivity index (χ1n) is 9.46. The Kier molecular flexibility index (Phi) is 5.67. The zero-order chi connectivity index (χ0) is 20.2. The van der Waals surface area contributed by atoms with Gasteiger partial charge in [0.05, 0.1) is 19.9 Å². The van der Waals surface area contributed by atoms with Gasteiger partial charge in [-0.1, -0.05) is 12.1 Å². The molecule has 1 saturated heterocycles. The van der Waals surface area contributed by atoms with Crippen molar-refractivity contribution < 1.29 is 14.3 Å². The number of ether oxygens (including phenoxy) is 2. The molecule has 0 radical (unpaired) electrons. The first-order chi connectivity index (χ1) is 14.2. The van der Waals surface area contributed by atoms with Gasteiger partial charge in [-0.25, -0.2) is 4.98 Å². The van der Waals surface area contributed by atoms with E-state index in [0.29, 0.717) is 18.7 Å². The molecule has 0 aliphatic carbocycles. The van der Waals surface area contributed by atoms with Crippen molar-refractivity contribution in [3.8, 4) is 22.8 Å². The minimum absolute atomic E-state index is 0.0588. The number of benzene rings is 2. The number of thiazole rings is 1. The van der Waals surface area contributed by atoms with Gasteiger partial charge in [0.2, 0.25) is 0 Å². The van der Waals surface area contributed by atoms with Crippen LogP contribution in [0.2, 0.25) is 0 Å². The van der Waals surface area contributed by atoms with Gasteiger partial charge < -0.3 is 19.3 Å². The highest BCUT2D eigenvalue weighted by Crippen LogP contribution is 2.30. The summed E-state index contributed by atoms with van der Waals surface area (Å²) < 4.78 is 10.5. The van der Waals surface area contributed by atoms with Crippen LogP contribution in [0.4, 0.5) is 5.13 Å². The number of piperazine rings is 1. The van der Waals surface area contributed by atoms with Crippen LogP contribution in [0.15, 0.2) is 53.9 Å². The summed E-state index contributed by atoms with van der Waals surface area (Å²) in [6, 6.07) is 15.2. The van der Waals surface area contributed by atoms with Gasteiger partial charge in [0.25, 0.3) is 5.91 Å². The number of rotatable bonds is 5. The SMILES string of the molecule is COc1ccc(C(=O)N2CCN(c3nc(-c4cccc(OC)c4)cs3)CC2)cc1. The number of nitrogens with zero attached hydrogens (tertiary/aromatic N) is 3. The number of amides is 1. The number of carbonyl (C=O) groups is 1. The lowest BCUT2D eigenvalue weighted by Crippen LogP contribution is -2.48. The molecule has 1 amide bonds. The highest BCUT2D eigenvalue weighted by molar-refractivity contribution is 7.14. The van der Waals surface area contributed by atoms with Crippen LogP contribution in [0.3, 0.4) is 0 Å². The second-order valence-corrected chi connectivity index (χ2v) is 7.59. The smallest absolute Gasteiger partial charge is 0.253 e. The molecule has 1 fully saturated rings. The van der Waals surface area contributed by atoms with E-state index in [2.05, 4.69) is 10.3 Å². The fraction of sp³-hybridized carbons (Fsp3) is 0.273. The molecule has 0 atom stereocenters. The van der Waals surface area contributed by atoms with Gasteiger partial charge in [0.15, 0.2) is 5.13 Å². The molecule has 2 heterocycles. The van der Waals surface area contributed by atoms with E-state index in [1.807, 2.05) is 53.4 Å². The fourth-order valence-corrected chi connectivity index (χ4v) is 4.23. The van der Waals surface area contributed by atoms with Gasteiger partial charge in [-0.3, -0.25) is 4.79 Å². The zero-order valence-corrected chi connectivity index (χ0v) is 17.3. The minimum Gasteiger partial charge on any atom is -0.497 e. The average molecular weight is 410 g/mol. The van der Waals surface area contributed by atoms with E-state index in [0.717, 1.165) is 41.0 Å². The molecule has 0 saturated carbocycles. The highest BCUT2D eigenvalue weighted by atomic mass is 32.1. The van der Waals surface area contributed by atoms with E-state index in [4.69, 9.17) is 14.5 Å². The first kappa shape index (κ1) is 19.3. The van der Waals surface area contributed by atoms with Crippen LogP contribution in [-0.2, 0) is 0 Å². The van der Waals surface area contributed by atoms with Gasteiger partial charge in [0, 0.05) is 42.7 Å². The predicted octanol–water partition coefficient (Wildman–Crippen LogP) is 3.79. The van der Waals surface area contributed by atoms with E-state index >= 15 is 0 Å². The summed E-state index contributed by atoms with van der Waals surface area (Å²) in [6.45, 7) is 2.90. The molecule has 150 valence electrons. The number of carbonyl (C=O) groups excluding carboxylic acids is 1. The van der Waals surface area contributed by atoms with Crippen LogP contribution in [0.1, 0.15) is 10.4 Å². The molecule has 7 heteroatoms. The normalized spacial score (nSPS) is 14.0. The summed E-state index contributed by atoms with van der Waals surface area (Å²) >= 11 is 1.63. The average Bonchev–Trinajstić information content (AvgIpc) is 3.29. The first-order valence-corrected chi connectivity index (χ1v) is 10.3. The zero-order valence-electron chi connectivity index (χ0n) is 16.5. The molecule has 1 aliphatic rings. The van der Waals surface area contributed by atoms with Crippen LogP contribution in [0.5, 0.6) is 11.5 Å². The molecule has 4 rings (SSSR count). The summed E-state index contributed by atoms with van der Waals surface area (Å²) in [5, 5.41) is 3.05. The molecular formula is C22H23N3O3S. The number of anilines is 1. The van der Waals surface area contributed by atoms with Gasteiger partial charge in [0.1, 0.15) is 11.5 Å². The molecule has 6 nitrogen and oxygen atoms in total. The third-order valence-electron chi connectivity index (χ3n) is 5.03. The monoisotopic (exact) mass is 409 g/mol. The van der Waals surface area contributed by atoms with Crippen LogP contribution < -0.4 is 14.4 Å². The van der Waals surface area contributed by atoms with Crippen molar-refractivity contribution >= 4 is 22.4 Å². The third-order valence-corrected chi connectivity index (χ3v) is 5.93. The molecule has 29 heavy (non-hydrogen) atoms. The number of hydrogen-bond donors (Lipinski definition) is 0.